The van der Waals surface area contributed by atoms with E-state index in [1.54, 1.807) is 25.1 Å². The molecule has 4 nitrogen and oxygen atoms in total. The Bertz CT molecular complexity index is 625. The summed E-state index contributed by atoms with van der Waals surface area (Å²) in [5, 5.41) is 0. The third-order valence-electron chi connectivity index (χ3n) is 2.57. The second kappa shape index (κ2) is 5.44. The summed E-state index contributed by atoms with van der Waals surface area (Å²) >= 11 is 3.11. The van der Waals surface area contributed by atoms with Gasteiger partial charge in [0, 0.05) is 5.69 Å². The van der Waals surface area contributed by atoms with Gasteiger partial charge in [-0.15, -0.1) is 0 Å². The molecule has 0 spiro atoms. The lowest BCUT2D eigenvalue weighted by Gasteiger charge is -1.99. The molecule has 0 amide bonds. The molecule has 0 saturated carbocycles. The van der Waals surface area contributed by atoms with Gasteiger partial charge < -0.3 is 15.5 Å². The van der Waals surface area contributed by atoms with Crippen molar-refractivity contribution in [1.29, 1.82) is 0 Å². The number of ether oxygens (including phenoxy) is 1. The third kappa shape index (κ3) is 2.78. The molecular formula is C13H12BrFN2O2. The fraction of sp³-hybridized carbons (Fsp3) is 0.154. The van der Waals surface area contributed by atoms with E-state index in [4.69, 9.17) is 10.5 Å². The quantitative estimate of drug-likeness (QED) is 0.850. The van der Waals surface area contributed by atoms with E-state index >= 15 is 0 Å². The fourth-order valence-corrected chi connectivity index (χ4v) is 2.05. The van der Waals surface area contributed by atoms with E-state index < -0.39 is 5.97 Å². The van der Waals surface area contributed by atoms with Crippen molar-refractivity contribution in [2.75, 3.05) is 12.3 Å². The third-order valence-corrected chi connectivity index (χ3v) is 3.18. The van der Waals surface area contributed by atoms with Gasteiger partial charge in [0.25, 0.3) is 0 Å². The van der Waals surface area contributed by atoms with Crippen LogP contribution in [-0.2, 0) is 4.74 Å². The summed E-state index contributed by atoms with van der Waals surface area (Å²) in [5.74, 6) is -0.605. The normalized spacial score (nSPS) is 10.5. The smallest absolute Gasteiger partial charge is 0.341 e. The van der Waals surface area contributed by atoms with Gasteiger partial charge in [0.2, 0.25) is 0 Å². The van der Waals surface area contributed by atoms with Gasteiger partial charge in [-0.2, -0.15) is 0 Å². The van der Waals surface area contributed by atoms with E-state index in [1.165, 1.54) is 6.07 Å². The number of H-pyrrole nitrogens is 1. The second-order valence-corrected chi connectivity index (χ2v) is 4.71. The monoisotopic (exact) mass is 326 g/mol. The van der Waals surface area contributed by atoms with Crippen molar-refractivity contribution in [3.8, 4) is 11.3 Å². The largest absolute Gasteiger partial charge is 0.462 e. The Morgan fingerprint density at radius 3 is 2.84 bits per heavy atom. The highest BCUT2D eigenvalue weighted by Gasteiger charge is 2.15. The summed E-state index contributed by atoms with van der Waals surface area (Å²) in [6.07, 6.45) is 0. The highest BCUT2D eigenvalue weighted by Crippen LogP contribution is 2.27. The van der Waals surface area contributed by atoms with E-state index in [0.717, 1.165) is 5.56 Å². The van der Waals surface area contributed by atoms with Crippen molar-refractivity contribution >= 4 is 27.7 Å². The van der Waals surface area contributed by atoms with Gasteiger partial charge in [0.1, 0.15) is 17.2 Å². The first-order valence-corrected chi connectivity index (χ1v) is 6.43. The molecule has 0 atom stereocenters. The van der Waals surface area contributed by atoms with Crippen LogP contribution in [-0.4, -0.2) is 17.6 Å². The molecule has 100 valence electrons. The van der Waals surface area contributed by atoms with Crippen LogP contribution in [0.4, 0.5) is 10.2 Å². The minimum atomic E-state index is -0.483. The van der Waals surface area contributed by atoms with Crippen molar-refractivity contribution in [3.63, 3.8) is 0 Å². The summed E-state index contributed by atoms with van der Waals surface area (Å²) in [4.78, 5) is 14.5. The van der Waals surface area contributed by atoms with Crippen LogP contribution in [0.25, 0.3) is 11.3 Å². The predicted molar refractivity (Wildman–Crippen MR) is 74.3 cm³/mol. The lowest BCUT2D eigenvalue weighted by molar-refractivity contribution is 0.0528. The second-order valence-electron chi connectivity index (χ2n) is 3.86. The Kier molecular flexibility index (Phi) is 3.90. The van der Waals surface area contributed by atoms with Crippen LogP contribution in [0.5, 0.6) is 0 Å². The fourth-order valence-electron chi connectivity index (χ4n) is 1.67. The van der Waals surface area contributed by atoms with Gasteiger partial charge in [0.15, 0.2) is 0 Å². The first-order chi connectivity index (χ1) is 9.02. The first-order valence-electron chi connectivity index (χ1n) is 5.64. The van der Waals surface area contributed by atoms with Crippen molar-refractivity contribution in [1.82, 2.24) is 4.98 Å². The van der Waals surface area contributed by atoms with Crippen LogP contribution in [0, 0.1) is 5.82 Å². The van der Waals surface area contributed by atoms with Crippen molar-refractivity contribution < 1.29 is 13.9 Å². The molecule has 1 aromatic carbocycles. The molecule has 0 radical (unpaired) electrons. The van der Waals surface area contributed by atoms with E-state index in [-0.39, 0.29) is 23.8 Å². The molecule has 2 rings (SSSR count). The molecule has 0 aliphatic heterocycles. The van der Waals surface area contributed by atoms with Crippen LogP contribution in [0.2, 0.25) is 0 Å². The maximum Gasteiger partial charge on any atom is 0.341 e. The van der Waals surface area contributed by atoms with E-state index in [2.05, 4.69) is 20.9 Å². The van der Waals surface area contributed by atoms with Gasteiger partial charge in [-0.1, -0.05) is 0 Å². The molecule has 19 heavy (non-hydrogen) atoms. The number of aromatic nitrogens is 1. The lowest BCUT2D eigenvalue weighted by atomic mass is 10.1. The predicted octanol–water partition coefficient (Wildman–Crippen LogP) is 3.34. The van der Waals surface area contributed by atoms with Crippen molar-refractivity contribution in [2.45, 2.75) is 6.92 Å². The SMILES string of the molecule is CCOC(=O)c1cc(-c2ccc(F)c(Br)c2)[nH]c1N. The molecule has 6 heteroatoms. The Labute approximate surface area is 117 Å². The zero-order valence-electron chi connectivity index (χ0n) is 10.2. The molecule has 0 bridgehead atoms. The zero-order chi connectivity index (χ0) is 14.0. The standard InChI is InChI=1S/C13H12BrFN2O2/c1-2-19-13(18)8-6-11(17-12(8)16)7-3-4-10(15)9(14)5-7/h3-6,17H,2,16H2,1H3. The molecule has 0 aliphatic carbocycles. The molecule has 2 aromatic rings. The molecule has 3 N–H and O–H groups in total. The molecule has 0 saturated heterocycles. The van der Waals surface area contributed by atoms with Gasteiger partial charge in [0.05, 0.1) is 11.1 Å². The van der Waals surface area contributed by atoms with E-state index in [1.807, 2.05) is 0 Å². The minimum absolute atomic E-state index is 0.230. The van der Waals surface area contributed by atoms with Crippen LogP contribution in [0.1, 0.15) is 17.3 Å². The maximum atomic E-state index is 13.2. The number of hydrogen-bond acceptors (Lipinski definition) is 3. The minimum Gasteiger partial charge on any atom is -0.462 e. The highest BCUT2D eigenvalue weighted by molar-refractivity contribution is 9.10. The number of halogens is 2. The Morgan fingerprint density at radius 1 is 1.47 bits per heavy atom. The number of anilines is 1. The lowest BCUT2D eigenvalue weighted by Crippen LogP contribution is -2.05. The summed E-state index contributed by atoms with van der Waals surface area (Å²) in [7, 11) is 0. The number of nitrogens with two attached hydrogens (primary N) is 1. The Hall–Kier alpha value is -1.82. The number of nitrogens with one attached hydrogen (secondary N) is 1. The number of aromatic amines is 1. The van der Waals surface area contributed by atoms with Crippen molar-refractivity contribution in [2.24, 2.45) is 0 Å². The Morgan fingerprint density at radius 2 is 2.21 bits per heavy atom. The summed E-state index contributed by atoms with van der Waals surface area (Å²) in [6.45, 7) is 2.00. The molecule has 0 aliphatic rings. The van der Waals surface area contributed by atoms with Gasteiger partial charge in [-0.25, -0.2) is 9.18 Å². The van der Waals surface area contributed by atoms with Gasteiger partial charge >= 0.3 is 5.97 Å². The summed E-state index contributed by atoms with van der Waals surface area (Å²) in [5.41, 5.74) is 7.36. The van der Waals surface area contributed by atoms with Gasteiger partial charge in [-0.3, -0.25) is 0 Å². The number of carbonyl (C=O) groups is 1. The number of nitrogen functional groups attached to an aromatic ring is 1. The highest BCUT2D eigenvalue weighted by atomic mass is 79.9. The maximum absolute atomic E-state index is 13.2. The molecule has 0 fully saturated rings. The molecule has 0 unspecified atom stereocenters. The van der Waals surface area contributed by atoms with Crippen LogP contribution in [0.15, 0.2) is 28.7 Å². The van der Waals surface area contributed by atoms with Crippen LogP contribution in [0.3, 0.4) is 0 Å². The van der Waals surface area contributed by atoms with E-state index in [0.29, 0.717) is 10.2 Å². The summed E-state index contributed by atoms with van der Waals surface area (Å²) < 4.78 is 18.4. The average molecular weight is 327 g/mol. The number of carbonyl (C=O) groups excluding carboxylic acids is 1. The number of benzene rings is 1. The number of rotatable bonds is 3. The van der Waals surface area contributed by atoms with Crippen LogP contribution >= 0.6 is 15.9 Å². The molecule has 1 heterocycles. The van der Waals surface area contributed by atoms with E-state index in [9.17, 15) is 9.18 Å². The van der Waals surface area contributed by atoms with Crippen molar-refractivity contribution in [3.05, 3.63) is 40.1 Å². The van der Waals surface area contributed by atoms with Crippen LogP contribution < -0.4 is 5.73 Å². The molecule has 1 aromatic heterocycles. The number of esters is 1. The van der Waals surface area contributed by atoms with Gasteiger partial charge in [-0.05, 0) is 52.7 Å². The zero-order valence-corrected chi connectivity index (χ0v) is 11.8. The Balaban J connectivity index is 2.38. The topological polar surface area (TPSA) is 68.1 Å². The average Bonchev–Trinajstić information content (AvgIpc) is 2.75. The molecular weight excluding hydrogens is 315 g/mol. The summed E-state index contributed by atoms with van der Waals surface area (Å²) in [6, 6.07) is 6.13. The first kappa shape index (κ1) is 13.6. The number of hydrogen-bond donors (Lipinski definition) is 2.